The van der Waals surface area contributed by atoms with Gasteiger partial charge >= 0.3 is 5.97 Å². The smallest absolute Gasteiger partial charge is 0.331 e. The first-order valence-electron chi connectivity index (χ1n) is 3.63. The van der Waals surface area contributed by atoms with Crippen molar-refractivity contribution in [3.8, 4) is 0 Å². The molecule has 0 aromatic rings. The van der Waals surface area contributed by atoms with Crippen LogP contribution >= 0.6 is 11.6 Å². The zero-order valence-electron chi connectivity index (χ0n) is 7.71. The van der Waals surface area contributed by atoms with E-state index < -0.39 is 11.5 Å². The minimum atomic E-state index is -0.588. The molecule has 0 saturated carbocycles. The van der Waals surface area contributed by atoms with Crippen LogP contribution in [-0.2, 0) is 9.53 Å². The van der Waals surface area contributed by atoms with E-state index in [0.29, 0.717) is 11.0 Å². The molecule has 0 amide bonds. The van der Waals surface area contributed by atoms with Gasteiger partial charge in [0, 0.05) is 6.08 Å². The molecule has 0 heterocycles. The zero-order valence-corrected chi connectivity index (χ0v) is 8.47. The van der Waals surface area contributed by atoms with Crippen LogP contribution in [-0.4, -0.2) is 43.7 Å². The maximum atomic E-state index is 10.7. The number of likely N-dealkylation sites (N-methyl/N-ethyl adjacent to an activating group) is 1. The van der Waals surface area contributed by atoms with Crippen LogP contribution in [0.25, 0.3) is 0 Å². The summed E-state index contributed by atoms with van der Waals surface area (Å²) in [7, 11) is 5.91. The maximum absolute atomic E-state index is 10.7. The topological polar surface area (TPSA) is 26.3 Å². The van der Waals surface area contributed by atoms with Crippen LogP contribution < -0.4 is 0 Å². The van der Waals surface area contributed by atoms with E-state index in [1.54, 1.807) is 0 Å². The summed E-state index contributed by atoms with van der Waals surface area (Å²) in [5.74, 6) is -0.483. The van der Waals surface area contributed by atoms with Crippen molar-refractivity contribution in [2.24, 2.45) is 0 Å². The fraction of sp³-hybridized carbons (Fsp3) is 0.625. The number of hydrogen-bond acceptors (Lipinski definition) is 2. The van der Waals surface area contributed by atoms with E-state index in [0.717, 1.165) is 6.08 Å². The van der Waals surface area contributed by atoms with Crippen LogP contribution in [0.2, 0.25) is 0 Å². The van der Waals surface area contributed by atoms with Crippen molar-refractivity contribution >= 4 is 17.6 Å². The number of halogens is 1. The van der Waals surface area contributed by atoms with Gasteiger partial charge in [-0.05, 0) is 0 Å². The van der Waals surface area contributed by atoms with Crippen molar-refractivity contribution in [3.63, 3.8) is 0 Å². The molecule has 0 aromatic carbocycles. The van der Waals surface area contributed by atoms with Crippen LogP contribution in [0.15, 0.2) is 12.7 Å². The van der Waals surface area contributed by atoms with E-state index in [-0.39, 0.29) is 0 Å². The van der Waals surface area contributed by atoms with E-state index in [1.165, 1.54) is 0 Å². The second-order valence-corrected chi connectivity index (χ2v) is 4.01. The predicted molar refractivity (Wildman–Crippen MR) is 48.8 cm³/mol. The first kappa shape index (κ1) is 11.5. The van der Waals surface area contributed by atoms with E-state index in [1.807, 2.05) is 21.1 Å². The Morgan fingerprint density at radius 1 is 1.67 bits per heavy atom. The van der Waals surface area contributed by atoms with Crippen molar-refractivity contribution in [3.05, 3.63) is 12.7 Å². The van der Waals surface area contributed by atoms with Crippen LogP contribution in [0.5, 0.6) is 0 Å². The van der Waals surface area contributed by atoms with Crippen molar-refractivity contribution in [1.82, 2.24) is 0 Å². The Balaban J connectivity index is 3.82. The Morgan fingerprint density at radius 2 is 2.17 bits per heavy atom. The van der Waals surface area contributed by atoms with E-state index in [2.05, 4.69) is 6.58 Å². The second-order valence-electron chi connectivity index (χ2n) is 3.52. The molecule has 0 saturated heterocycles. The molecule has 70 valence electrons. The van der Waals surface area contributed by atoms with Gasteiger partial charge in [-0.1, -0.05) is 18.2 Å². The number of carbonyl (C=O) groups excluding carboxylic acids is 1. The lowest BCUT2D eigenvalue weighted by atomic mass is 10.5. The number of nitrogens with zero attached hydrogens (tertiary/aromatic N) is 1. The summed E-state index contributed by atoms with van der Waals surface area (Å²) in [5, 5.41) is 0. The second kappa shape index (κ2) is 4.48. The summed E-state index contributed by atoms with van der Waals surface area (Å²) in [4.78, 5) is 10.7. The summed E-state index contributed by atoms with van der Waals surface area (Å²) in [6, 6.07) is 0. The number of ether oxygens (including phenoxy) is 1. The summed E-state index contributed by atoms with van der Waals surface area (Å²) in [6.07, 6.45) is 1.10. The van der Waals surface area contributed by atoms with Gasteiger partial charge < -0.3 is 9.22 Å². The average Bonchev–Trinajstić information content (AvgIpc) is 1.82. The highest BCUT2D eigenvalue weighted by Gasteiger charge is 2.17. The highest BCUT2D eigenvalue weighted by molar-refractivity contribution is 6.20. The van der Waals surface area contributed by atoms with Gasteiger partial charge in [0.15, 0.2) is 0 Å². The van der Waals surface area contributed by atoms with E-state index in [9.17, 15) is 4.79 Å². The van der Waals surface area contributed by atoms with E-state index in [4.69, 9.17) is 16.3 Å². The largest absolute Gasteiger partial charge is 0.437 e. The van der Waals surface area contributed by atoms with Crippen LogP contribution in [0.3, 0.4) is 0 Å². The molecule has 0 fully saturated rings. The van der Waals surface area contributed by atoms with Gasteiger partial charge in [0.05, 0.1) is 21.1 Å². The van der Waals surface area contributed by atoms with Gasteiger partial charge in [-0.3, -0.25) is 0 Å². The van der Waals surface area contributed by atoms with Crippen LogP contribution in [0, 0.1) is 0 Å². The van der Waals surface area contributed by atoms with Crippen LogP contribution in [0.1, 0.15) is 0 Å². The number of alkyl halides is 1. The Labute approximate surface area is 78.2 Å². The van der Waals surface area contributed by atoms with Crippen molar-refractivity contribution < 1.29 is 14.0 Å². The van der Waals surface area contributed by atoms with Crippen molar-refractivity contribution in [1.29, 1.82) is 0 Å². The van der Waals surface area contributed by atoms with Crippen molar-refractivity contribution in [2.75, 3.05) is 27.7 Å². The first-order valence-corrected chi connectivity index (χ1v) is 4.06. The molecule has 0 radical (unpaired) electrons. The predicted octanol–water partition coefficient (Wildman–Crippen LogP) is 0.987. The summed E-state index contributed by atoms with van der Waals surface area (Å²) < 4.78 is 5.42. The summed E-state index contributed by atoms with van der Waals surface area (Å²) >= 11 is 5.73. The van der Waals surface area contributed by atoms with E-state index >= 15 is 0 Å². The Kier molecular flexibility index (Phi) is 4.28. The number of esters is 1. The molecular weight excluding hydrogens is 178 g/mol. The normalized spacial score (nSPS) is 13.7. The maximum Gasteiger partial charge on any atom is 0.331 e. The highest BCUT2D eigenvalue weighted by Crippen LogP contribution is 2.04. The number of carbonyl (C=O) groups is 1. The van der Waals surface area contributed by atoms with Crippen LogP contribution in [0.4, 0.5) is 0 Å². The lowest BCUT2D eigenvalue weighted by Crippen LogP contribution is -2.40. The lowest BCUT2D eigenvalue weighted by Gasteiger charge is -2.25. The minimum Gasteiger partial charge on any atom is -0.437 e. The third-order valence-electron chi connectivity index (χ3n) is 1.10. The quantitative estimate of drug-likeness (QED) is 0.287. The third kappa shape index (κ3) is 6.19. The lowest BCUT2D eigenvalue weighted by molar-refractivity contribution is -0.871. The molecular formula is C8H15ClNO2+. The molecule has 1 atom stereocenters. The molecule has 0 rings (SSSR count). The molecule has 0 spiro atoms. The molecule has 1 unspecified atom stereocenters. The molecule has 12 heavy (non-hydrogen) atoms. The van der Waals surface area contributed by atoms with Gasteiger partial charge in [-0.25, -0.2) is 4.79 Å². The molecule has 3 nitrogen and oxygen atoms in total. The SMILES string of the molecule is C=CC(=O)OC(Cl)C[N+](C)(C)C. The summed E-state index contributed by atoms with van der Waals surface area (Å²) in [5.41, 5.74) is -0.588. The molecule has 0 aromatic heterocycles. The Bertz CT molecular complexity index is 174. The fourth-order valence-electron chi connectivity index (χ4n) is 0.642. The standard InChI is InChI=1S/C8H15ClNO2/c1-5-8(11)12-7(9)6-10(2,3)4/h5,7H,1,6H2,2-4H3/q+1. The Hall–Kier alpha value is -0.540. The molecule has 0 bridgehead atoms. The molecule has 0 aliphatic carbocycles. The first-order chi connectivity index (χ1) is 5.35. The van der Waals surface area contributed by atoms with Gasteiger partial charge in [0.2, 0.25) is 5.56 Å². The molecule has 0 N–H and O–H groups in total. The number of hydrogen-bond donors (Lipinski definition) is 0. The van der Waals surface area contributed by atoms with Gasteiger partial charge in [0.25, 0.3) is 0 Å². The third-order valence-corrected chi connectivity index (χ3v) is 1.33. The monoisotopic (exact) mass is 192 g/mol. The van der Waals surface area contributed by atoms with Crippen molar-refractivity contribution in [2.45, 2.75) is 5.56 Å². The number of rotatable bonds is 4. The zero-order chi connectivity index (χ0) is 9.78. The molecule has 0 aliphatic rings. The van der Waals surface area contributed by atoms with Gasteiger partial charge in [-0.15, -0.1) is 0 Å². The fourth-order valence-corrected chi connectivity index (χ4v) is 1.14. The Morgan fingerprint density at radius 3 is 2.50 bits per heavy atom. The summed E-state index contributed by atoms with van der Waals surface area (Å²) in [6.45, 7) is 3.84. The van der Waals surface area contributed by atoms with Gasteiger partial charge in [0.1, 0.15) is 6.54 Å². The molecule has 4 heteroatoms. The molecule has 0 aliphatic heterocycles. The average molecular weight is 193 g/mol. The van der Waals surface area contributed by atoms with Gasteiger partial charge in [-0.2, -0.15) is 0 Å². The number of quaternary nitrogens is 1. The highest BCUT2D eigenvalue weighted by atomic mass is 35.5. The minimum absolute atomic E-state index is 0.483.